The Morgan fingerprint density at radius 1 is 1.22 bits per heavy atom. The molecular weight excluding hydrogens is 360 g/mol. The number of aryl methyl sites for hydroxylation is 4. The fourth-order valence-electron chi connectivity index (χ4n) is 3.19. The van der Waals surface area contributed by atoms with E-state index < -0.39 is 0 Å². The summed E-state index contributed by atoms with van der Waals surface area (Å²) in [5.74, 6) is -0.309. The Kier molecular flexibility index (Phi) is 5.92. The van der Waals surface area contributed by atoms with E-state index in [4.69, 9.17) is 4.74 Å². The minimum absolute atomic E-state index is 0.309. The molecule has 0 aliphatic carbocycles. The summed E-state index contributed by atoms with van der Waals surface area (Å²) in [4.78, 5) is 17.8. The Labute approximate surface area is 163 Å². The first-order valence-corrected chi connectivity index (χ1v) is 10.1. The molecule has 1 amide bonds. The van der Waals surface area contributed by atoms with Gasteiger partial charge in [0.2, 0.25) is 0 Å². The number of ether oxygens (including phenoxy) is 1. The molecule has 3 rings (SSSR count). The molecule has 2 heterocycles. The van der Waals surface area contributed by atoms with Gasteiger partial charge >= 0.3 is 0 Å². The average molecular weight is 387 g/mol. The van der Waals surface area contributed by atoms with Crippen LogP contribution >= 0.6 is 11.3 Å². The fraction of sp³-hybridized carbons (Fsp3) is 0.450. The number of benzene rings is 1. The molecule has 2 aromatic heterocycles. The van der Waals surface area contributed by atoms with Crippen molar-refractivity contribution in [2.75, 3.05) is 13.2 Å². The number of hydrogen-bond donors (Lipinski definition) is 0. The minimum atomic E-state index is -0.309. The third kappa shape index (κ3) is 4.04. The van der Waals surface area contributed by atoms with E-state index in [9.17, 15) is 4.79 Å². The molecule has 144 valence electrons. The Bertz CT molecular complexity index is 1040. The van der Waals surface area contributed by atoms with E-state index in [0.717, 1.165) is 22.5 Å². The van der Waals surface area contributed by atoms with Crippen LogP contribution in [0.1, 0.15) is 41.2 Å². The first kappa shape index (κ1) is 19.5. The lowest BCUT2D eigenvalue weighted by Gasteiger charge is -2.06. The zero-order valence-corrected chi connectivity index (χ0v) is 17.4. The average Bonchev–Trinajstić information content (AvgIpc) is 3.16. The lowest BCUT2D eigenvalue weighted by molar-refractivity contribution is 0.0991. The summed E-state index contributed by atoms with van der Waals surface area (Å²) in [5.41, 5.74) is 4.83. The van der Waals surface area contributed by atoms with E-state index in [2.05, 4.69) is 40.6 Å². The Hall–Kier alpha value is -2.25. The molecule has 0 unspecified atom stereocenters. The largest absolute Gasteiger partial charge is 0.380 e. The molecule has 0 spiro atoms. The number of rotatable bonds is 6. The van der Waals surface area contributed by atoms with Crippen LogP contribution in [0.5, 0.6) is 0 Å². The van der Waals surface area contributed by atoms with Gasteiger partial charge in [-0.15, -0.1) is 0 Å². The highest BCUT2D eigenvalue weighted by Crippen LogP contribution is 2.23. The van der Waals surface area contributed by atoms with E-state index in [-0.39, 0.29) is 5.91 Å². The van der Waals surface area contributed by atoms with Crippen molar-refractivity contribution in [1.29, 1.82) is 0 Å². The first-order chi connectivity index (χ1) is 12.9. The monoisotopic (exact) mass is 386 g/mol. The summed E-state index contributed by atoms with van der Waals surface area (Å²) in [5, 5.41) is 4.36. The summed E-state index contributed by atoms with van der Waals surface area (Å²) in [6.07, 6.45) is 0. The molecule has 3 aromatic rings. The molecular formula is C20H26N4O2S. The quantitative estimate of drug-likeness (QED) is 0.608. The van der Waals surface area contributed by atoms with Crippen molar-refractivity contribution in [3.8, 4) is 0 Å². The summed E-state index contributed by atoms with van der Waals surface area (Å²) < 4.78 is 10.6. The number of amides is 1. The number of carbonyl (C=O) groups excluding carboxylic acids is 1. The van der Waals surface area contributed by atoms with Crippen molar-refractivity contribution in [2.24, 2.45) is 4.99 Å². The zero-order valence-electron chi connectivity index (χ0n) is 16.6. The number of aromatic nitrogens is 3. The highest BCUT2D eigenvalue weighted by Gasteiger charge is 2.14. The van der Waals surface area contributed by atoms with E-state index in [1.807, 2.05) is 25.5 Å². The van der Waals surface area contributed by atoms with Gasteiger partial charge in [0.25, 0.3) is 5.91 Å². The molecule has 1 aromatic carbocycles. The van der Waals surface area contributed by atoms with Gasteiger partial charge in [0.1, 0.15) is 0 Å². The van der Waals surface area contributed by atoms with Crippen LogP contribution in [0.3, 0.4) is 0 Å². The van der Waals surface area contributed by atoms with Crippen molar-refractivity contribution >= 4 is 27.5 Å². The van der Waals surface area contributed by atoms with Gasteiger partial charge in [0, 0.05) is 25.4 Å². The van der Waals surface area contributed by atoms with Crippen LogP contribution in [0, 0.1) is 20.8 Å². The van der Waals surface area contributed by atoms with E-state index >= 15 is 0 Å². The molecule has 0 saturated heterocycles. The third-order valence-electron chi connectivity index (χ3n) is 4.47. The second-order valence-corrected chi connectivity index (χ2v) is 7.54. The molecule has 27 heavy (non-hydrogen) atoms. The molecule has 0 aliphatic rings. The van der Waals surface area contributed by atoms with Gasteiger partial charge in [-0.1, -0.05) is 17.4 Å². The topological polar surface area (TPSA) is 61.4 Å². The number of fused-ring (bicyclic) bond motifs is 1. The number of carbonyl (C=O) groups is 1. The summed E-state index contributed by atoms with van der Waals surface area (Å²) >= 11 is 1.54. The second-order valence-electron chi connectivity index (χ2n) is 6.57. The van der Waals surface area contributed by atoms with Crippen molar-refractivity contribution in [3.63, 3.8) is 0 Å². The van der Waals surface area contributed by atoms with Crippen LogP contribution in [0.25, 0.3) is 10.2 Å². The molecule has 0 atom stereocenters. The summed E-state index contributed by atoms with van der Waals surface area (Å²) in [6.45, 7) is 12.7. The Balaban J connectivity index is 2.10. The highest BCUT2D eigenvalue weighted by atomic mass is 32.1. The molecule has 6 nitrogen and oxygen atoms in total. The van der Waals surface area contributed by atoms with Gasteiger partial charge in [0.15, 0.2) is 10.5 Å². The van der Waals surface area contributed by atoms with Crippen LogP contribution in [-0.4, -0.2) is 33.5 Å². The Morgan fingerprint density at radius 3 is 2.67 bits per heavy atom. The highest BCUT2D eigenvalue weighted by molar-refractivity contribution is 7.16. The van der Waals surface area contributed by atoms with Gasteiger partial charge < -0.3 is 9.30 Å². The molecule has 0 bridgehead atoms. The molecule has 0 N–H and O–H groups in total. The van der Waals surface area contributed by atoms with Gasteiger partial charge in [-0.05, 0) is 57.9 Å². The van der Waals surface area contributed by atoms with Gasteiger partial charge in [-0.2, -0.15) is 10.1 Å². The van der Waals surface area contributed by atoms with E-state index in [0.29, 0.717) is 30.3 Å². The first-order valence-electron chi connectivity index (χ1n) is 9.26. The van der Waals surface area contributed by atoms with Crippen LogP contribution in [-0.2, 0) is 17.8 Å². The van der Waals surface area contributed by atoms with Gasteiger partial charge in [-0.3, -0.25) is 9.48 Å². The van der Waals surface area contributed by atoms with Crippen molar-refractivity contribution < 1.29 is 9.53 Å². The van der Waals surface area contributed by atoms with Crippen LogP contribution in [0.15, 0.2) is 23.2 Å². The van der Waals surface area contributed by atoms with Crippen LogP contribution in [0.4, 0.5) is 0 Å². The number of hydrogen-bond acceptors (Lipinski definition) is 4. The normalized spacial score (nSPS) is 12.3. The smallest absolute Gasteiger partial charge is 0.300 e. The lowest BCUT2D eigenvalue weighted by atomic mass is 10.1. The standard InChI is InChI=1S/C20H26N4O2S/c1-6-24-15(5)12-16(22-24)19(25)21-20-23(8-9-26-7-2)17-11-13(3)10-14(4)18(17)27-20/h10-12H,6-9H2,1-5H3. The molecule has 0 aliphatic heterocycles. The predicted octanol–water partition coefficient (Wildman–Crippen LogP) is 3.62. The fourth-order valence-corrected chi connectivity index (χ4v) is 4.30. The van der Waals surface area contributed by atoms with Crippen molar-refractivity contribution in [2.45, 2.75) is 47.7 Å². The van der Waals surface area contributed by atoms with Crippen molar-refractivity contribution in [3.05, 3.63) is 45.5 Å². The third-order valence-corrected chi connectivity index (χ3v) is 5.70. The summed E-state index contributed by atoms with van der Waals surface area (Å²) in [7, 11) is 0. The Morgan fingerprint density at radius 2 is 2.00 bits per heavy atom. The molecule has 0 radical (unpaired) electrons. The van der Waals surface area contributed by atoms with Crippen LogP contribution in [0.2, 0.25) is 0 Å². The minimum Gasteiger partial charge on any atom is -0.380 e. The van der Waals surface area contributed by atoms with E-state index in [1.165, 1.54) is 11.1 Å². The van der Waals surface area contributed by atoms with Crippen LogP contribution < -0.4 is 4.80 Å². The molecule has 0 fully saturated rings. The van der Waals surface area contributed by atoms with E-state index in [1.54, 1.807) is 17.4 Å². The maximum absolute atomic E-state index is 12.7. The zero-order chi connectivity index (χ0) is 19.6. The predicted molar refractivity (Wildman–Crippen MR) is 108 cm³/mol. The maximum atomic E-state index is 12.7. The SMILES string of the molecule is CCOCCn1c(=NC(=O)c2cc(C)n(CC)n2)sc2c(C)cc(C)cc21. The van der Waals surface area contributed by atoms with Gasteiger partial charge in [-0.25, -0.2) is 0 Å². The summed E-state index contributed by atoms with van der Waals surface area (Å²) in [6, 6.07) is 6.09. The maximum Gasteiger partial charge on any atom is 0.300 e. The lowest BCUT2D eigenvalue weighted by Crippen LogP contribution is -2.20. The number of thiazole rings is 1. The number of nitrogens with zero attached hydrogens (tertiary/aromatic N) is 4. The second kappa shape index (κ2) is 8.19. The molecule has 0 saturated carbocycles. The molecule has 7 heteroatoms. The van der Waals surface area contributed by atoms with Gasteiger partial charge in [0.05, 0.1) is 16.8 Å². The van der Waals surface area contributed by atoms with Crippen molar-refractivity contribution in [1.82, 2.24) is 14.3 Å².